The number of benzene rings is 1. The highest BCUT2D eigenvalue weighted by atomic mass is 35.5. The number of carbonyl (C=O) groups is 1. The average molecular weight is 393 g/mol. The molecule has 0 aliphatic rings. The van der Waals surface area contributed by atoms with Gasteiger partial charge in [0.25, 0.3) is 5.91 Å². The van der Waals surface area contributed by atoms with Gasteiger partial charge in [0, 0.05) is 12.1 Å². The lowest BCUT2D eigenvalue weighted by Gasteiger charge is -2.22. The van der Waals surface area contributed by atoms with Crippen LogP contribution in [-0.2, 0) is 11.3 Å². The van der Waals surface area contributed by atoms with Crippen LogP contribution >= 0.6 is 34.5 Å². The van der Waals surface area contributed by atoms with Crippen LogP contribution in [0.1, 0.15) is 16.7 Å². The van der Waals surface area contributed by atoms with E-state index in [0.29, 0.717) is 22.1 Å². The van der Waals surface area contributed by atoms with E-state index in [1.807, 2.05) is 0 Å². The molecule has 130 valence electrons. The van der Waals surface area contributed by atoms with Gasteiger partial charge < -0.3 is 16.2 Å². The molecule has 2 atom stereocenters. The van der Waals surface area contributed by atoms with E-state index in [9.17, 15) is 14.3 Å². The largest absolute Gasteiger partial charge is 0.386 e. The van der Waals surface area contributed by atoms with Gasteiger partial charge in [0.05, 0.1) is 6.04 Å². The Hall–Kier alpha value is -1.32. The number of amides is 1. The zero-order chi connectivity index (χ0) is 17.7. The normalized spacial score (nSPS) is 13.8. The second-order valence-corrected chi connectivity index (χ2v) is 7.00. The maximum absolute atomic E-state index is 13.1. The quantitative estimate of drug-likeness (QED) is 0.625. The number of aromatic nitrogens is 2. The summed E-state index contributed by atoms with van der Waals surface area (Å²) in [5.41, 5.74) is 6.73. The summed E-state index contributed by atoms with van der Waals surface area (Å²) in [5, 5.41) is 21.9. The number of hydrogen-bond donors (Lipinski definition) is 3. The molecule has 0 saturated carbocycles. The number of alkyl halides is 3. The van der Waals surface area contributed by atoms with E-state index in [2.05, 4.69) is 15.5 Å². The SMILES string of the molecule is NCc1nnc(-c2ccc(C(O)[C@@H](CF)NC(=O)C(Cl)Cl)cc2)s1. The summed E-state index contributed by atoms with van der Waals surface area (Å²) in [6.45, 7) is -0.653. The summed E-state index contributed by atoms with van der Waals surface area (Å²) >= 11 is 12.2. The molecule has 2 aromatic rings. The van der Waals surface area contributed by atoms with Gasteiger partial charge in [-0.2, -0.15) is 0 Å². The van der Waals surface area contributed by atoms with E-state index < -0.39 is 29.6 Å². The number of nitrogens with two attached hydrogens (primary N) is 1. The van der Waals surface area contributed by atoms with Crippen molar-refractivity contribution in [3.05, 3.63) is 34.8 Å². The summed E-state index contributed by atoms with van der Waals surface area (Å²) in [6, 6.07) is 5.55. The first-order chi connectivity index (χ1) is 11.5. The molecule has 1 amide bonds. The van der Waals surface area contributed by atoms with Crippen molar-refractivity contribution in [3.8, 4) is 10.6 Å². The Morgan fingerprint density at radius 2 is 2.00 bits per heavy atom. The van der Waals surface area contributed by atoms with Crippen molar-refractivity contribution in [2.75, 3.05) is 6.67 Å². The Morgan fingerprint density at radius 1 is 1.33 bits per heavy atom. The van der Waals surface area contributed by atoms with Gasteiger partial charge in [-0.05, 0) is 5.56 Å². The molecule has 1 heterocycles. The fraction of sp³-hybridized carbons (Fsp3) is 0.357. The van der Waals surface area contributed by atoms with Gasteiger partial charge in [0.15, 0.2) is 4.84 Å². The van der Waals surface area contributed by atoms with Crippen molar-refractivity contribution in [2.24, 2.45) is 5.73 Å². The van der Waals surface area contributed by atoms with E-state index in [1.54, 1.807) is 24.3 Å². The van der Waals surface area contributed by atoms with Crippen LogP contribution in [0.2, 0.25) is 0 Å². The third-order valence-corrected chi connectivity index (χ3v) is 4.60. The molecule has 1 unspecified atom stereocenters. The number of halogens is 3. The van der Waals surface area contributed by atoms with Crippen LogP contribution in [0.4, 0.5) is 4.39 Å². The van der Waals surface area contributed by atoms with Crippen molar-refractivity contribution in [2.45, 2.75) is 23.5 Å². The minimum Gasteiger partial charge on any atom is -0.386 e. The molecule has 0 aliphatic carbocycles. The molecule has 4 N–H and O–H groups in total. The number of nitrogens with zero attached hydrogens (tertiary/aromatic N) is 2. The van der Waals surface area contributed by atoms with Gasteiger partial charge >= 0.3 is 0 Å². The third-order valence-electron chi connectivity index (χ3n) is 3.21. The average Bonchev–Trinajstić information content (AvgIpc) is 3.08. The predicted molar refractivity (Wildman–Crippen MR) is 91.6 cm³/mol. The van der Waals surface area contributed by atoms with Gasteiger partial charge in [0.2, 0.25) is 0 Å². The number of aliphatic hydroxyl groups excluding tert-OH is 1. The van der Waals surface area contributed by atoms with E-state index >= 15 is 0 Å². The van der Waals surface area contributed by atoms with Gasteiger partial charge in [-0.3, -0.25) is 4.79 Å². The molecule has 0 saturated heterocycles. The Morgan fingerprint density at radius 3 is 2.50 bits per heavy atom. The van der Waals surface area contributed by atoms with Crippen molar-refractivity contribution >= 4 is 40.4 Å². The van der Waals surface area contributed by atoms with Crippen molar-refractivity contribution in [1.29, 1.82) is 0 Å². The van der Waals surface area contributed by atoms with Gasteiger partial charge in [0.1, 0.15) is 22.8 Å². The van der Waals surface area contributed by atoms with Crippen LogP contribution in [0.3, 0.4) is 0 Å². The van der Waals surface area contributed by atoms with Gasteiger partial charge in [-0.1, -0.05) is 58.8 Å². The maximum atomic E-state index is 13.1. The molecule has 0 radical (unpaired) electrons. The molecule has 0 aliphatic heterocycles. The van der Waals surface area contributed by atoms with Crippen LogP contribution in [0.25, 0.3) is 10.6 Å². The minimum absolute atomic E-state index is 0.314. The summed E-state index contributed by atoms with van der Waals surface area (Å²) in [6.07, 6.45) is -1.24. The lowest BCUT2D eigenvalue weighted by molar-refractivity contribution is -0.121. The zero-order valence-corrected chi connectivity index (χ0v) is 14.7. The number of aliphatic hydroxyl groups is 1. The van der Waals surface area contributed by atoms with Crippen LogP contribution < -0.4 is 11.1 Å². The van der Waals surface area contributed by atoms with Crippen LogP contribution in [0.15, 0.2) is 24.3 Å². The molecule has 0 spiro atoms. The smallest absolute Gasteiger partial charge is 0.253 e. The number of hydrogen-bond acceptors (Lipinski definition) is 6. The van der Waals surface area contributed by atoms with E-state index in [4.69, 9.17) is 28.9 Å². The molecule has 1 aromatic heterocycles. The van der Waals surface area contributed by atoms with Crippen LogP contribution in [0.5, 0.6) is 0 Å². The van der Waals surface area contributed by atoms with Gasteiger partial charge in [-0.15, -0.1) is 10.2 Å². The highest BCUT2D eigenvalue weighted by Gasteiger charge is 2.25. The topological polar surface area (TPSA) is 101 Å². The number of rotatable bonds is 7. The van der Waals surface area contributed by atoms with Crippen molar-refractivity contribution in [1.82, 2.24) is 15.5 Å². The van der Waals surface area contributed by atoms with Crippen molar-refractivity contribution < 1.29 is 14.3 Å². The fourth-order valence-electron chi connectivity index (χ4n) is 1.96. The molecule has 0 bridgehead atoms. The second kappa shape index (κ2) is 8.68. The van der Waals surface area contributed by atoms with E-state index in [1.165, 1.54) is 11.3 Å². The highest BCUT2D eigenvalue weighted by molar-refractivity contribution is 7.14. The molecular weight excluding hydrogens is 378 g/mol. The van der Waals surface area contributed by atoms with E-state index in [-0.39, 0.29) is 0 Å². The van der Waals surface area contributed by atoms with Crippen LogP contribution in [-0.4, -0.2) is 38.8 Å². The predicted octanol–water partition coefficient (Wildman–Crippen LogP) is 1.96. The number of nitrogens with one attached hydrogen (secondary N) is 1. The molecule has 6 nitrogen and oxygen atoms in total. The van der Waals surface area contributed by atoms with E-state index in [0.717, 1.165) is 5.56 Å². The second-order valence-electron chi connectivity index (χ2n) is 4.84. The summed E-state index contributed by atoms with van der Waals surface area (Å²) in [4.78, 5) is 10.1. The minimum atomic E-state index is -1.33. The zero-order valence-electron chi connectivity index (χ0n) is 12.3. The molecule has 0 fully saturated rings. The summed E-state index contributed by atoms with van der Waals surface area (Å²) < 4.78 is 13.1. The van der Waals surface area contributed by atoms with Gasteiger partial charge in [-0.25, -0.2) is 4.39 Å². The highest BCUT2D eigenvalue weighted by Crippen LogP contribution is 2.26. The Kier molecular flexibility index (Phi) is 6.88. The summed E-state index contributed by atoms with van der Waals surface area (Å²) in [5.74, 6) is -0.764. The lowest BCUT2D eigenvalue weighted by atomic mass is 10.0. The molecule has 24 heavy (non-hydrogen) atoms. The lowest BCUT2D eigenvalue weighted by Crippen LogP contribution is -2.43. The molecule has 10 heteroatoms. The molecule has 1 aromatic carbocycles. The Balaban J connectivity index is 2.12. The Bertz CT molecular complexity index is 684. The Labute approximate surface area is 151 Å². The number of carbonyl (C=O) groups excluding carboxylic acids is 1. The fourth-order valence-corrected chi connectivity index (χ4v) is 2.81. The molecule has 2 rings (SSSR count). The monoisotopic (exact) mass is 392 g/mol. The standard InChI is InChI=1S/C14H15Cl2FN4O2S/c15-12(16)13(23)19-9(5-17)11(22)7-1-3-8(4-2-7)14-21-20-10(6-18)24-14/h1-4,9,11-12,22H,5-6,18H2,(H,19,23)/t9-,11?/m1/s1. The first-order valence-electron chi connectivity index (χ1n) is 6.91. The first kappa shape index (κ1) is 19.0. The van der Waals surface area contributed by atoms with Crippen LogP contribution in [0, 0.1) is 0 Å². The maximum Gasteiger partial charge on any atom is 0.253 e. The summed E-state index contributed by atoms with van der Waals surface area (Å²) in [7, 11) is 0. The molecular formula is C14H15Cl2FN4O2S. The third kappa shape index (κ3) is 4.61. The first-order valence-corrected chi connectivity index (χ1v) is 8.60. The van der Waals surface area contributed by atoms with Crippen molar-refractivity contribution in [3.63, 3.8) is 0 Å².